The van der Waals surface area contributed by atoms with Gasteiger partial charge in [0, 0.05) is 12.5 Å². The Kier molecular flexibility index (Phi) is 11.4. The van der Waals surface area contributed by atoms with Crippen LogP contribution in [-0.2, 0) is 4.79 Å². The molecule has 1 rings (SSSR count). The molecule has 0 heterocycles. The first-order valence-corrected chi connectivity index (χ1v) is 7.75. The van der Waals surface area contributed by atoms with Gasteiger partial charge in [-0.2, -0.15) is 0 Å². The molecule has 0 unspecified atom stereocenters. The summed E-state index contributed by atoms with van der Waals surface area (Å²) in [6.45, 7) is 3.04. The van der Waals surface area contributed by atoms with Gasteiger partial charge in [0.1, 0.15) is 0 Å². The molecule has 3 nitrogen and oxygen atoms in total. The number of unbranched alkanes of at least 4 members (excludes halogenated alkanes) is 3. The molecule has 0 aromatic rings. The van der Waals surface area contributed by atoms with Gasteiger partial charge in [-0.05, 0) is 51.0 Å². The maximum Gasteiger partial charge on any atom is 0.220 e. The molecule has 0 aromatic carbocycles. The fraction of sp³-hybridized carbons (Fsp3) is 0.933. The van der Waals surface area contributed by atoms with Gasteiger partial charge in [-0.3, -0.25) is 4.79 Å². The lowest BCUT2D eigenvalue weighted by Gasteiger charge is -2.28. The lowest BCUT2D eigenvalue weighted by atomic mass is 9.84. The molecule has 0 atom stereocenters. The minimum atomic E-state index is 0. The highest BCUT2D eigenvalue weighted by Crippen LogP contribution is 2.26. The Bertz CT molecular complexity index is 228. The molecule has 0 saturated heterocycles. The lowest BCUT2D eigenvalue weighted by molar-refractivity contribution is -0.122. The summed E-state index contributed by atoms with van der Waals surface area (Å²) in [5, 5.41) is 3.19. The Balaban J connectivity index is 0.00000324. The normalized spacial score (nSPS) is 22.6. The topological polar surface area (TPSA) is 55.1 Å². The fourth-order valence-electron chi connectivity index (χ4n) is 2.80. The fourth-order valence-corrected chi connectivity index (χ4v) is 2.80. The maximum atomic E-state index is 11.8. The summed E-state index contributed by atoms with van der Waals surface area (Å²) in [4.78, 5) is 11.8. The highest BCUT2D eigenvalue weighted by molar-refractivity contribution is 5.85. The van der Waals surface area contributed by atoms with Crippen LogP contribution in [0.1, 0.15) is 71.1 Å². The average Bonchev–Trinajstić information content (AvgIpc) is 2.39. The Hall–Kier alpha value is -0.280. The molecule has 4 heteroatoms. The summed E-state index contributed by atoms with van der Waals surface area (Å²) < 4.78 is 0. The van der Waals surface area contributed by atoms with E-state index in [1.807, 2.05) is 0 Å². The quantitative estimate of drug-likeness (QED) is 0.673. The third-order valence-corrected chi connectivity index (χ3v) is 4.15. The van der Waals surface area contributed by atoms with Gasteiger partial charge in [-0.15, -0.1) is 12.4 Å². The van der Waals surface area contributed by atoms with Gasteiger partial charge in [0.2, 0.25) is 5.91 Å². The van der Waals surface area contributed by atoms with E-state index in [2.05, 4.69) is 12.2 Å². The summed E-state index contributed by atoms with van der Waals surface area (Å²) in [7, 11) is 0. The van der Waals surface area contributed by atoms with Crippen molar-refractivity contribution in [3.63, 3.8) is 0 Å². The predicted molar refractivity (Wildman–Crippen MR) is 83.6 cm³/mol. The number of nitrogens with one attached hydrogen (secondary N) is 1. The minimum Gasteiger partial charge on any atom is -0.353 e. The first kappa shape index (κ1) is 18.7. The zero-order valence-corrected chi connectivity index (χ0v) is 13.1. The van der Waals surface area contributed by atoms with Crippen LogP contribution in [-0.4, -0.2) is 18.5 Å². The smallest absolute Gasteiger partial charge is 0.220 e. The Morgan fingerprint density at radius 3 is 2.32 bits per heavy atom. The summed E-state index contributed by atoms with van der Waals surface area (Å²) in [5.74, 6) is 1.15. The van der Waals surface area contributed by atoms with Crippen molar-refractivity contribution in [1.82, 2.24) is 5.32 Å². The molecule has 114 valence electrons. The van der Waals surface area contributed by atoms with Crippen molar-refractivity contribution in [3.05, 3.63) is 0 Å². The summed E-state index contributed by atoms with van der Waals surface area (Å²) >= 11 is 0. The van der Waals surface area contributed by atoms with E-state index in [-0.39, 0.29) is 18.3 Å². The number of hydrogen-bond donors (Lipinski definition) is 2. The van der Waals surface area contributed by atoms with Crippen molar-refractivity contribution < 1.29 is 4.79 Å². The molecule has 1 amide bonds. The first-order valence-electron chi connectivity index (χ1n) is 7.75. The van der Waals surface area contributed by atoms with Crippen molar-refractivity contribution in [3.8, 4) is 0 Å². The van der Waals surface area contributed by atoms with Crippen molar-refractivity contribution in [2.45, 2.75) is 77.2 Å². The molecular formula is C15H31ClN2O. The highest BCUT2D eigenvalue weighted by atomic mass is 35.5. The van der Waals surface area contributed by atoms with Crippen LogP contribution in [0.5, 0.6) is 0 Å². The van der Waals surface area contributed by atoms with Crippen LogP contribution >= 0.6 is 12.4 Å². The van der Waals surface area contributed by atoms with Crippen LogP contribution < -0.4 is 11.1 Å². The van der Waals surface area contributed by atoms with Gasteiger partial charge in [0.15, 0.2) is 0 Å². The maximum absolute atomic E-state index is 11.8. The molecular weight excluding hydrogens is 260 g/mol. The second-order valence-electron chi connectivity index (χ2n) is 5.65. The van der Waals surface area contributed by atoms with Crippen LogP contribution in [0.15, 0.2) is 0 Å². The van der Waals surface area contributed by atoms with Crippen LogP contribution in [0.4, 0.5) is 0 Å². The van der Waals surface area contributed by atoms with E-state index in [4.69, 9.17) is 5.73 Å². The number of amides is 1. The Labute approximate surface area is 124 Å². The van der Waals surface area contributed by atoms with Gasteiger partial charge in [-0.25, -0.2) is 0 Å². The number of hydrogen-bond acceptors (Lipinski definition) is 2. The van der Waals surface area contributed by atoms with Gasteiger partial charge < -0.3 is 11.1 Å². The molecule has 19 heavy (non-hydrogen) atoms. The molecule has 0 radical (unpaired) electrons. The van der Waals surface area contributed by atoms with Crippen LogP contribution in [0.3, 0.4) is 0 Å². The molecule has 1 aliphatic carbocycles. The zero-order valence-electron chi connectivity index (χ0n) is 12.3. The van der Waals surface area contributed by atoms with Gasteiger partial charge >= 0.3 is 0 Å². The molecule has 0 aliphatic heterocycles. The van der Waals surface area contributed by atoms with E-state index in [9.17, 15) is 4.79 Å². The third-order valence-electron chi connectivity index (χ3n) is 4.15. The Morgan fingerprint density at radius 2 is 1.74 bits per heavy atom. The average molecular weight is 291 g/mol. The van der Waals surface area contributed by atoms with Gasteiger partial charge in [0.05, 0.1) is 0 Å². The zero-order chi connectivity index (χ0) is 13.2. The summed E-state index contributed by atoms with van der Waals surface area (Å²) in [5.41, 5.74) is 5.44. The van der Waals surface area contributed by atoms with Crippen molar-refractivity contribution in [2.24, 2.45) is 11.7 Å². The van der Waals surface area contributed by atoms with Crippen molar-refractivity contribution >= 4 is 18.3 Å². The van der Waals surface area contributed by atoms with E-state index >= 15 is 0 Å². The summed E-state index contributed by atoms with van der Waals surface area (Å²) in [6, 6.07) is 0.448. The number of halogens is 1. The number of rotatable bonds is 8. The van der Waals surface area contributed by atoms with Gasteiger partial charge in [0.25, 0.3) is 0 Å². The lowest BCUT2D eigenvalue weighted by Crippen LogP contribution is -2.37. The highest BCUT2D eigenvalue weighted by Gasteiger charge is 2.20. The van der Waals surface area contributed by atoms with E-state index < -0.39 is 0 Å². The number of carbonyl (C=O) groups is 1. The second-order valence-corrected chi connectivity index (χ2v) is 5.65. The van der Waals surface area contributed by atoms with E-state index in [1.165, 1.54) is 32.1 Å². The van der Waals surface area contributed by atoms with Crippen molar-refractivity contribution in [1.29, 1.82) is 0 Å². The molecule has 0 spiro atoms. The number of carbonyl (C=O) groups excluding carboxylic acids is 1. The van der Waals surface area contributed by atoms with E-state index in [0.717, 1.165) is 38.1 Å². The second kappa shape index (κ2) is 11.5. The largest absolute Gasteiger partial charge is 0.353 e. The molecule has 0 bridgehead atoms. The van der Waals surface area contributed by atoms with Gasteiger partial charge in [-0.1, -0.05) is 26.2 Å². The Morgan fingerprint density at radius 1 is 1.11 bits per heavy atom. The summed E-state index contributed by atoms with van der Waals surface area (Å²) in [6.07, 6.45) is 11.3. The standard InChI is InChI=1S/C15H30N2O.ClH/c1-2-13-8-10-14(11-9-13)17-15(18)7-5-3-4-6-12-16;/h13-14H,2-12,16H2,1H3,(H,17,18);1H. The molecule has 1 aliphatic rings. The van der Waals surface area contributed by atoms with Crippen LogP contribution in [0, 0.1) is 5.92 Å². The third kappa shape index (κ3) is 8.48. The van der Waals surface area contributed by atoms with Crippen LogP contribution in [0.2, 0.25) is 0 Å². The molecule has 1 fully saturated rings. The number of nitrogens with two attached hydrogens (primary N) is 1. The van der Waals surface area contributed by atoms with Crippen molar-refractivity contribution in [2.75, 3.05) is 6.54 Å². The molecule has 1 saturated carbocycles. The predicted octanol–water partition coefficient (Wildman–Crippen LogP) is 3.40. The van der Waals surface area contributed by atoms with E-state index in [0.29, 0.717) is 12.5 Å². The molecule has 3 N–H and O–H groups in total. The van der Waals surface area contributed by atoms with E-state index in [1.54, 1.807) is 0 Å². The SMILES string of the molecule is CCC1CCC(NC(=O)CCCCCCN)CC1.Cl. The minimum absolute atomic E-state index is 0. The monoisotopic (exact) mass is 290 g/mol. The first-order chi connectivity index (χ1) is 8.76. The molecule has 0 aromatic heterocycles. The van der Waals surface area contributed by atoms with Crippen LogP contribution in [0.25, 0.3) is 0 Å².